The van der Waals surface area contributed by atoms with Crippen LogP contribution in [0.25, 0.3) is 0 Å². The minimum absolute atomic E-state index is 0.413. The van der Waals surface area contributed by atoms with Crippen molar-refractivity contribution in [3.05, 3.63) is 60.7 Å². The summed E-state index contributed by atoms with van der Waals surface area (Å²) in [5.41, 5.74) is 0. The van der Waals surface area contributed by atoms with Gasteiger partial charge in [0.15, 0.2) is 5.78 Å². The van der Waals surface area contributed by atoms with Crippen LogP contribution < -0.4 is 14.4 Å². The summed E-state index contributed by atoms with van der Waals surface area (Å²) in [6.45, 7) is 1.57. The van der Waals surface area contributed by atoms with E-state index in [-0.39, 0.29) is 0 Å². The molecule has 2 rings (SSSR count). The highest BCUT2D eigenvalue weighted by Crippen LogP contribution is 2.51. The fraction of sp³-hybridized carbons (Fsp3) is 0.133. The first-order valence-corrected chi connectivity index (χ1v) is 8.04. The molecule has 1 N–H and O–H groups in total. The Morgan fingerprint density at radius 2 is 1.38 bits per heavy atom. The molecule has 0 saturated heterocycles. The van der Waals surface area contributed by atoms with Crippen molar-refractivity contribution in [2.24, 2.45) is 0 Å². The third-order valence-electron chi connectivity index (χ3n) is 2.74. The average molecular weight is 305 g/mol. The molecule has 0 saturated carbocycles. The van der Waals surface area contributed by atoms with Crippen LogP contribution in [0.3, 0.4) is 0 Å². The van der Waals surface area contributed by atoms with Gasteiger partial charge in [0, 0.05) is 0 Å². The van der Waals surface area contributed by atoms with E-state index < -0.39 is 13.4 Å². The molecule has 5 nitrogen and oxygen atoms in total. The SMILES string of the molecule is CC(NC=O)P(=O)(Oc1ccccc1)Oc1ccccc1. The number of rotatable bonds is 7. The summed E-state index contributed by atoms with van der Waals surface area (Å²) in [5.74, 6) is 0.0445. The number of carbonyl (C=O) groups excluding carboxylic acids is 1. The molecular weight excluding hydrogens is 289 g/mol. The van der Waals surface area contributed by atoms with Gasteiger partial charge in [-0.15, -0.1) is 0 Å². The molecule has 2 aromatic rings. The van der Waals surface area contributed by atoms with Crippen LogP contribution in [0.1, 0.15) is 6.92 Å². The number of hydrogen-bond donors (Lipinski definition) is 1. The van der Waals surface area contributed by atoms with Gasteiger partial charge in [-0.3, -0.25) is 4.79 Å². The van der Waals surface area contributed by atoms with E-state index in [0.717, 1.165) is 0 Å². The first-order chi connectivity index (χ1) is 10.1. The van der Waals surface area contributed by atoms with E-state index in [9.17, 15) is 9.36 Å². The summed E-state index contributed by atoms with van der Waals surface area (Å²) in [4.78, 5) is 10.6. The summed E-state index contributed by atoms with van der Waals surface area (Å²) < 4.78 is 24.0. The number of nitrogens with one attached hydrogen (secondary N) is 1. The van der Waals surface area contributed by atoms with Crippen LogP contribution in [0.4, 0.5) is 0 Å². The molecule has 0 heterocycles. The van der Waals surface area contributed by atoms with Gasteiger partial charge in [-0.1, -0.05) is 36.4 Å². The molecule has 0 radical (unpaired) electrons. The highest BCUT2D eigenvalue weighted by atomic mass is 31.2. The van der Waals surface area contributed by atoms with Crippen LogP contribution in [0, 0.1) is 0 Å². The molecular formula is C15H16NO4P. The molecule has 0 aliphatic heterocycles. The third-order valence-corrected chi connectivity index (χ3v) is 4.76. The summed E-state index contributed by atoms with van der Waals surface area (Å²) in [6.07, 6.45) is 0.472. The summed E-state index contributed by atoms with van der Waals surface area (Å²) in [5, 5.41) is 2.43. The number of carbonyl (C=O) groups is 1. The van der Waals surface area contributed by atoms with Crippen molar-refractivity contribution >= 4 is 14.0 Å². The predicted octanol–water partition coefficient (Wildman–Crippen LogP) is 3.43. The molecule has 2 aromatic carbocycles. The minimum Gasteiger partial charge on any atom is -0.415 e. The van der Waals surface area contributed by atoms with Crippen molar-refractivity contribution in [1.82, 2.24) is 5.32 Å². The Morgan fingerprint density at radius 3 is 1.76 bits per heavy atom. The highest BCUT2D eigenvalue weighted by Gasteiger charge is 2.36. The zero-order chi connectivity index (χ0) is 15.1. The van der Waals surface area contributed by atoms with Crippen LogP contribution in [-0.2, 0) is 9.36 Å². The molecule has 110 valence electrons. The molecule has 0 aliphatic carbocycles. The maximum atomic E-state index is 13.0. The molecule has 6 heteroatoms. The van der Waals surface area contributed by atoms with Crippen LogP contribution in [0.2, 0.25) is 0 Å². The topological polar surface area (TPSA) is 64.6 Å². The second-order valence-corrected chi connectivity index (χ2v) is 6.53. The fourth-order valence-electron chi connectivity index (χ4n) is 1.62. The Balaban J connectivity index is 2.26. The van der Waals surface area contributed by atoms with E-state index in [2.05, 4.69) is 5.32 Å². The summed E-state index contributed by atoms with van der Waals surface area (Å²) in [6, 6.07) is 17.4. The van der Waals surface area contributed by atoms with E-state index in [1.165, 1.54) is 0 Å². The fourth-order valence-corrected chi connectivity index (χ4v) is 3.05. The Bertz CT molecular complexity index is 573. The normalized spacial score (nSPS) is 12.2. The van der Waals surface area contributed by atoms with Gasteiger partial charge in [-0.05, 0) is 31.2 Å². The first kappa shape index (κ1) is 15.1. The second-order valence-electron chi connectivity index (χ2n) is 4.31. The molecule has 21 heavy (non-hydrogen) atoms. The Hall–Kier alpha value is -2.26. The van der Waals surface area contributed by atoms with Crippen LogP contribution >= 0.6 is 7.60 Å². The van der Waals surface area contributed by atoms with Crippen molar-refractivity contribution < 1.29 is 18.4 Å². The molecule has 0 aliphatic rings. The lowest BCUT2D eigenvalue weighted by Gasteiger charge is -2.24. The highest BCUT2D eigenvalue weighted by molar-refractivity contribution is 7.55. The molecule has 0 fully saturated rings. The van der Waals surface area contributed by atoms with Crippen LogP contribution in [-0.4, -0.2) is 12.2 Å². The summed E-state index contributed by atoms with van der Waals surface area (Å²) in [7, 11) is -3.61. The van der Waals surface area contributed by atoms with Gasteiger partial charge in [-0.25, -0.2) is 4.57 Å². The van der Waals surface area contributed by atoms with Crippen molar-refractivity contribution in [2.75, 3.05) is 0 Å². The van der Waals surface area contributed by atoms with E-state index in [1.807, 2.05) is 12.1 Å². The van der Waals surface area contributed by atoms with Gasteiger partial charge in [0.2, 0.25) is 6.41 Å². The van der Waals surface area contributed by atoms with E-state index in [1.54, 1.807) is 55.5 Å². The van der Waals surface area contributed by atoms with E-state index in [0.29, 0.717) is 17.9 Å². The number of amides is 1. The Morgan fingerprint density at radius 1 is 0.952 bits per heavy atom. The first-order valence-electron chi connectivity index (χ1n) is 6.43. The van der Waals surface area contributed by atoms with Gasteiger partial charge in [-0.2, -0.15) is 0 Å². The van der Waals surface area contributed by atoms with Gasteiger partial charge in [0.25, 0.3) is 0 Å². The average Bonchev–Trinajstić information content (AvgIpc) is 2.49. The van der Waals surface area contributed by atoms with Crippen molar-refractivity contribution in [2.45, 2.75) is 12.7 Å². The van der Waals surface area contributed by atoms with Gasteiger partial charge >= 0.3 is 7.60 Å². The zero-order valence-electron chi connectivity index (χ0n) is 11.5. The number of para-hydroxylation sites is 2. The zero-order valence-corrected chi connectivity index (χ0v) is 12.4. The van der Waals surface area contributed by atoms with Gasteiger partial charge in [0.05, 0.1) is 0 Å². The molecule has 1 amide bonds. The molecule has 0 spiro atoms. The quantitative estimate of drug-likeness (QED) is 0.629. The number of hydrogen-bond acceptors (Lipinski definition) is 4. The van der Waals surface area contributed by atoms with Gasteiger partial charge in [0.1, 0.15) is 11.5 Å². The van der Waals surface area contributed by atoms with E-state index in [4.69, 9.17) is 9.05 Å². The third kappa shape index (κ3) is 4.10. The van der Waals surface area contributed by atoms with Crippen molar-refractivity contribution in [3.8, 4) is 11.5 Å². The maximum Gasteiger partial charge on any atom is 0.452 e. The lowest BCUT2D eigenvalue weighted by atomic mass is 10.3. The monoisotopic (exact) mass is 305 g/mol. The lowest BCUT2D eigenvalue weighted by Crippen LogP contribution is -2.28. The second kappa shape index (κ2) is 6.95. The molecule has 1 unspecified atom stereocenters. The molecule has 0 aromatic heterocycles. The van der Waals surface area contributed by atoms with Gasteiger partial charge < -0.3 is 14.4 Å². The minimum atomic E-state index is -3.61. The largest absolute Gasteiger partial charge is 0.452 e. The standard InChI is InChI=1S/C15H16NO4P/c1-13(16-12-17)21(18,19-14-8-4-2-5-9-14)20-15-10-6-3-7-11-15/h2-13H,1H3,(H,16,17). The Labute approximate surface area is 123 Å². The van der Waals surface area contributed by atoms with Crippen molar-refractivity contribution in [1.29, 1.82) is 0 Å². The molecule has 0 bridgehead atoms. The smallest absolute Gasteiger partial charge is 0.415 e. The summed E-state index contributed by atoms with van der Waals surface area (Å²) >= 11 is 0. The van der Waals surface area contributed by atoms with Crippen LogP contribution in [0.15, 0.2) is 60.7 Å². The van der Waals surface area contributed by atoms with Crippen molar-refractivity contribution in [3.63, 3.8) is 0 Å². The van der Waals surface area contributed by atoms with Crippen LogP contribution in [0.5, 0.6) is 11.5 Å². The lowest BCUT2D eigenvalue weighted by molar-refractivity contribution is -0.109. The Kier molecular flexibility index (Phi) is 5.01. The van der Waals surface area contributed by atoms with E-state index >= 15 is 0 Å². The predicted molar refractivity (Wildman–Crippen MR) is 80.4 cm³/mol. The maximum absolute atomic E-state index is 13.0. The molecule has 1 atom stereocenters. The number of benzene rings is 2.